The van der Waals surface area contributed by atoms with E-state index >= 15 is 0 Å². The van der Waals surface area contributed by atoms with Crippen LogP contribution in [0.4, 0.5) is 4.39 Å². The number of nitrogens with zero attached hydrogens (tertiary/aromatic N) is 2. The van der Waals surface area contributed by atoms with Gasteiger partial charge in [0.1, 0.15) is 11.3 Å². The summed E-state index contributed by atoms with van der Waals surface area (Å²) in [7, 11) is 0. The van der Waals surface area contributed by atoms with Gasteiger partial charge >= 0.3 is 0 Å². The summed E-state index contributed by atoms with van der Waals surface area (Å²) in [6.45, 7) is 5.74. The third-order valence-corrected chi connectivity index (χ3v) is 4.69. The summed E-state index contributed by atoms with van der Waals surface area (Å²) in [5.74, 6) is -0.270. The van der Waals surface area contributed by atoms with Gasteiger partial charge in [-0.15, -0.1) is 0 Å². The number of benzene rings is 2. The van der Waals surface area contributed by atoms with Gasteiger partial charge in [-0.3, -0.25) is 9.89 Å². The van der Waals surface area contributed by atoms with Crippen LogP contribution in [-0.2, 0) is 0 Å². The molecule has 0 radical (unpaired) electrons. The predicted octanol–water partition coefficient (Wildman–Crippen LogP) is 4.46. The van der Waals surface area contributed by atoms with Crippen LogP contribution in [0, 0.1) is 19.7 Å². The van der Waals surface area contributed by atoms with Crippen LogP contribution in [0.3, 0.4) is 0 Å². The number of oxazole rings is 1. The van der Waals surface area contributed by atoms with Crippen molar-refractivity contribution in [1.29, 1.82) is 0 Å². The van der Waals surface area contributed by atoms with Crippen molar-refractivity contribution in [3.05, 3.63) is 70.8 Å². The van der Waals surface area contributed by atoms with Crippen LogP contribution in [0.1, 0.15) is 40.3 Å². The normalized spacial score (nSPS) is 12.3. The maximum absolute atomic E-state index is 13.4. The minimum Gasteiger partial charge on any atom is -0.436 e. The molecular formula is C21H19FN4O2. The van der Waals surface area contributed by atoms with Gasteiger partial charge in [0.15, 0.2) is 5.58 Å². The average molecular weight is 378 g/mol. The molecule has 4 rings (SSSR count). The molecule has 1 atom stereocenters. The highest BCUT2D eigenvalue weighted by atomic mass is 19.1. The molecule has 0 saturated heterocycles. The summed E-state index contributed by atoms with van der Waals surface area (Å²) in [5, 5.41) is 10.1. The Labute approximate surface area is 160 Å². The maximum Gasteiger partial charge on any atom is 0.251 e. The highest BCUT2D eigenvalue weighted by Gasteiger charge is 2.18. The molecule has 2 aromatic heterocycles. The lowest BCUT2D eigenvalue weighted by Crippen LogP contribution is -2.27. The molecule has 142 valence electrons. The molecule has 2 N–H and O–H groups in total. The van der Waals surface area contributed by atoms with Gasteiger partial charge in [-0.05, 0) is 57.2 Å². The number of hydrogen-bond acceptors (Lipinski definition) is 4. The van der Waals surface area contributed by atoms with Gasteiger partial charge < -0.3 is 9.73 Å². The molecule has 4 aromatic rings. The zero-order valence-electron chi connectivity index (χ0n) is 15.7. The Morgan fingerprint density at radius 2 is 2.04 bits per heavy atom. The summed E-state index contributed by atoms with van der Waals surface area (Å²) in [4.78, 5) is 17.1. The van der Waals surface area contributed by atoms with Gasteiger partial charge in [0.2, 0.25) is 5.89 Å². The van der Waals surface area contributed by atoms with Crippen LogP contribution in [0.15, 0.2) is 46.9 Å². The van der Waals surface area contributed by atoms with E-state index in [1.807, 2.05) is 20.8 Å². The van der Waals surface area contributed by atoms with Crippen molar-refractivity contribution < 1.29 is 13.6 Å². The van der Waals surface area contributed by atoms with E-state index in [0.717, 1.165) is 17.0 Å². The summed E-state index contributed by atoms with van der Waals surface area (Å²) in [5.41, 5.74) is 4.85. The van der Waals surface area contributed by atoms with Crippen molar-refractivity contribution in [2.24, 2.45) is 0 Å². The molecule has 0 aliphatic heterocycles. The molecule has 28 heavy (non-hydrogen) atoms. The number of aromatic amines is 1. The van der Waals surface area contributed by atoms with Gasteiger partial charge in [0.25, 0.3) is 5.91 Å². The number of carbonyl (C=O) groups is 1. The smallest absolute Gasteiger partial charge is 0.251 e. The fourth-order valence-corrected chi connectivity index (χ4v) is 3.36. The third kappa shape index (κ3) is 3.26. The second kappa shape index (κ2) is 6.92. The molecule has 6 nitrogen and oxygen atoms in total. The Balaban J connectivity index is 1.60. The topological polar surface area (TPSA) is 83.8 Å². The molecular weight excluding hydrogens is 359 g/mol. The van der Waals surface area contributed by atoms with E-state index in [2.05, 4.69) is 20.5 Å². The van der Waals surface area contributed by atoms with Gasteiger partial charge in [-0.1, -0.05) is 6.07 Å². The van der Waals surface area contributed by atoms with Crippen molar-refractivity contribution in [1.82, 2.24) is 20.5 Å². The number of halogens is 1. The van der Waals surface area contributed by atoms with Crippen molar-refractivity contribution >= 4 is 17.0 Å². The third-order valence-electron chi connectivity index (χ3n) is 4.69. The van der Waals surface area contributed by atoms with Crippen LogP contribution in [-0.4, -0.2) is 21.1 Å². The number of H-pyrrole nitrogens is 1. The zero-order valence-corrected chi connectivity index (χ0v) is 15.7. The lowest BCUT2D eigenvalue weighted by Gasteiger charge is -2.14. The SMILES string of the molecule is Cc1n[nH]c(C)c1[C@H](C)NC(=O)c1ccc2oc(-c3cccc(F)c3)nc2c1. The monoisotopic (exact) mass is 378 g/mol. The average Bonchev–Trinajstić information content (AvgIpc) is 3.24. The van der Waals surface area contributed by atoms with Crippen LogP contribution < -0.4 is 5.32 Å². The molecule has 0 bridgehead atoms. The molecule has 2 aromatic carbocycles. The standard InChI is InChI=1S/C21H19FN4O2/c1-11(19-12(2)25-26-13(19)3)23-20(27)14-7-8-18-17(10-14)24-21(28-18)15-5-4-6-16(22)9-15/h4-11H,1-3H3,(H,23,27)(H,25,26)/t11-/m0/s1. The summed E-state index contributed by atoms with van der Waals surface area (Å²) in [6, 6.07) is 10.9. The first-order valence-electron chi connectivity index (χ1n) is 8.91. The number of aryl methyl sites for hydroxylation is 2. The first-order valence-corrected chi connectivity index (χ1v) is 8.91. The van der Waals surface area contributed by atoms with E-state index in [9.17, 15) is 9.18 Å². The van der Waals surface area contributed by atoms with E-state index in [4.69, 9.17) is 4.42 Å². The Morgan fingerprint density at radius 3 is 2.75 bits per heavy atom. The number of amides is 1. The number of fused-ring (bicyclic) bond motifs is 1. The van der Waals surface area contributed by atoms with Gasteiger partial charge in [-0.2, -0.15) is 5.10 Å². The molecule has 7 heteroatoms. The lowest BCUT2D eigenvalue weighted by atomic mass is 10.1. The number of aromatic nitrogens is 3. The molecule has 0 spiro atoms. The zero-order chi connectivity index (χ0) is 19.8. The van der Waals surface area contributed by atoms with E-state index in [-0.39, 0.29) is 17.8 Å². The van der Waals surface area contributed by atoms with Crippen molar-refractivity contribution in [3.63, 3.8) is 0 Å². The maximum atomic E-state index is 13.4. The number of hydrogen-bond donors (Lipinski definition) is 2. The summed E-state index contributed by atoms with van der Waals surface area (Å²) in [6.07, 6.45) is 0. The fourth-order valence-electron chi connectivity index (χ4n) is 3.36. The quantitative estimate of drug-likeness (QED) is 0.549. The van der Waals surface area contributed by atoms with E-state index in [1.54, 1.807) is 30.3 Å². The molecule has 0 aliphatic carbocycles. The molecule has 2 heterocycles. The number of rotatable bonds is 4. The Morgan fingerprint density at radius 1 is 1.21 bits per heavy atom. The van der Waals surface area contributed by atoms with E-state index < -0.39 is 0 Å². The largest absolute Gasteiger partial charge is 0.436 e. The van der Waals surface area contributed by atoms with Crippen LogP contribution in [0.2, 0.25) is 0 Å². The highest BCUT2D eigenvalue weighted by molar-refractivity contribution is 5.97. The van der Waals surface area contributed by atoms with Crippen molar-refractivity contribution in [2.45, 2.75) is 26.8 Å². The highest BCUT2D eigenvalue weighted by Crippen LogP contribution is 2.26. The molecule has 0 unspecified atom stereocenters. The lowest BCUT2D eigenvalue weighted by molar-refractivity contribution is 0.0940. The molecule has 0 fully saturated rings. The summed E-state index contributed by atoms with van der Waals surface area (Å²) < 4.78 is 19.1. The van der Waals surface area contributed by atoms with Gasteiger partial charge in [0, 0.05) is 22.4 Å². The van der Waals surface area contributed by atoms with Crippen LogP contribution in [0.5, 0.6) is 0 Å². The van der Waals surface area contributed by atoms with Crippen LogP contribution >= 0.6 is 0 Å². The Hall–Kier alpha value is -3.48. The first-order chi connectivity index (χ1) is 13.4. The fraction of sp³-hybridized carbons (Fsp3) is 0.190. The van der Waals surface area contributed by atoms with Crippen molar-refractivity contribution in [3.8, 4) is 11.5 Å². The number of carbonyl (C=O) groups excluding carboxylic acids is 1. The second-order valence-electron chi connectivity index (χ2n) is 6.75. The van der Waals surface area contributed by atoms with Gasteiger partial charge in [0.05, 0.1) is 11.7 Å². The van der Waals surface area contributed by atoms with E-state index in [1.165, 1.54) is 12.1 Å². The minimum atomic E-state index is -0.362. The van der Waals surface area contributed by atoms with Gasteiger partial charge in [-0.25, -0.2) is 9.37 Å². The van der Waals surface area contributed by atoms with Crippen molar-refractivity contribution in [2.75, 3.05) is 0 Å². The molecule has 0 saturated carbocycles. The molecule has 0 aliphatic rings. The molecule has 1 amide bonds. The predicted molar refractivity (Wildman–Crippen MR) is 103 cm³/mol. The van der Waals surface area contributed by atoms with E-state index in [0.29, 0.717) is 28.1 Å². The Kier molecular flexibility index (Phi) is 4.43. The van der Waals surface area contributed by atoms with Crippen LogP contribution in [0.25, 0.3) is 22.6 Å². The number of nitrogens with one attached hydrogen (secondary N) is 2. The first kappa shape index (κ1) is 17.9. The summed E-state index contributed by atoms with van der Waals surface area (Å²) >= 11 is 0. The minimum absolute atomic E-state index is 0.192. The Bertz CT molecular complexity index is 1160. The second-order valence-corrected chi connectivity index (χ2v) is 6.75.